The molecule has 0 heterocycles. The second kappa shape index (κ2) is 5.77. The summed E-state index contributed by atoms with van der Waals surface area (Å²) in [5.41, 5.74) is 1.05. The van der Waals surface area contributed by atoms with Crippen LogP contribution in [0.2, 0.25) is 0 Å². The summed E-state index contributed by atoms with van der Waals surface area (Å²) in [4.78, 5) is 4.26. The van der Waals surface area contributed by atoms with Crippen LogP contribution in [0, 0.1) is 23.2 Å². The Morgan fingerprint density at radius 2 is 2.08 bits per heavy atom. The summed E-state index contributed by atoms with van der Waals surface area (Å²) in [7, 11) is 0. The molecule has 2 heteroatoms. The van der Waals surface area contributed by atoms with Gasteiger partial charge in [0.2, 0.25) is 0 Å². The maximum absolute atomic E-state index is 8.82. The largest absolute Gasteiger partial charge is 0.293 e. The fraction of sp³-hybridized carbons (Fsp3) is 0.800. The maximum atomic E-state index is 8.82. The van der Waals surface area contributed by atoms with Crippen molar-refractivity contribution >= 4 is 5.71 Å². The lowest BCUT2D eigenvalue weighted by molar-refractivity contribution is 0.434. The predicted octanol–water partition coefficient (Wildman–Crippen LogP) is 2.65. The Hall–Kier alpha value is -0.840. The van der Waals surface area contributed by atoms with Crippen molar-refractivity contribution in [3.8, 4) is 6.07 Å². The summed E-state index contributed by atoms with van der Waals surface area (Å²) in [5, 5.41) is 8.82. The van der Waals surface area contributed by atoms with Crippen molar-refractivity contribution in [2.24, 2.45) is 16.8 Å². The quantitative estimate of drug-likeness (QED) is 0.591. The Bertz CT molecular complexity index is 185. The summed E-state index contributed by atoms with van der Waals surface area (Å²) >= 11 is 0. The van der Waals surface area contributed by atoms with Crippen LogP contribution in [0.15, 0.2) is 4.99 Å². The van der Waals surface area contributed by atoms with Crippen molar-refractivity contribution in [1.29, 1.82) is 5.26 Å². The highest BCUT2D eigenvalue weighted by atomic mass is 14.7. The third-order valence-electron chi connectivity index (χ3n) is 2.10. The van der Waals surface area contributed by atoms with E-state index in [9.17, 15) is 0 Å². The average molecular weight is 166 g/mol. The third kappa shape index (κ3) is 4.12. The number of rotatable bonds is 4. The van der Waals surface area contributed by atoms with Crippen molar-refractivity contribution in [3.63, 3.8) is 0 Å². The molecular formula is C10H18N2. The molecule has 0 aromatic heterocycles. The highest BCUT2D eigenvalue weighted by molar-refractivity contribution is 5.79. The van der Waals surface area contributed by atoms with Crippen LogP contribution < -0.4 is 0 Å². The third-order valence-corrected chi connectivity index (χ3v) is 2.10. The van der Waals surface area contributed by atoms with E-state index in [0.29, 0.717) is 12.5 Å². The monoisotopic (exact) mass is 166 g/mol. The lowest BCUT2D eigenvalue weighted by atomic mass is 9.93. The molecular weight excluding hydrogens is 148 g/mol. The van der Waals surface area contributed by atoms with Crippen LogP contribution in [0.4, 0.5) is 0 Å². The Labute approximate surface area is 75.3 Å². The van der Waals surface area contributed by atoms with E-state index in [1.807, 2.05) is 13.8 Å². The van der Waals surface area contributed by atoms with Crippen LogP contribution in [0.3, 0.4) is 0 Å². The van der Waals surface area contributed by atoms with Crippen molar-refractivity contribution in [1.82, 2.24) is 0 Å². The van der Waals surface area contributed by atoms with Gasteiger partial charge in [-0.05, 0) is 19.8 Å². The molecule has 2 nitrogen and oxygen atoms in total. The van der Waals surface area contributed by atoms with E-state index < -0.39 is 0 Å². The minimum absolute atomic E-state index is 0.0879. The first-order chi connectivity index (χ1) is 5.61. The van der Waals surface area contributed by atoms with Gasteiger partial charge in [-0.15, -0.1) is 0 Å². The minimum Gasteiger partial charge on any atom is -0.293 e. The molecule has 0 fully saturated rings. The molecule has 0 saturated heterocycles. The zero-order valence-electron chi connectivity index (χ0n) is 8.46. The lowest BCUT2D eigenvalue weighted by Crippen LogP contribution is -2.12. The highest BCUT2D eigenvalue weighted by Gasteiger charge is 2.13. The molecule has 0 rings (SSSR count). The number of nitrogens with zero attached hydrogens (tertiary/aromatic N) is 2. The van der Waals surface area contributed by atoms with E-state index in [4.69, 9.17) is 5.26 Å². The number of nitriles is 1. The molecule has 0 spiro atoms. The average Bonchev–Trinajstić information content (AvgIpc) is 2.04. The Morgan fingerprint density at radius 1 is 1.50 bits per heavy atom. The van der Waals surface area contributed by atoms with Gasteiger partial charge in [-0.2, -0.15) is 5.26 Å². The van der Waals surface area contributed by atoms with Crippen molar-refractivity contribution in [3.05, 3.63) is 0 Å². The molecule has 0 radical (unpaired) electrons. The van der Waals surface area contributed by atoms with E-state index >= 15 is 0 Å². The Morgan fingerprint density at radius 3 is 2.42 bits per heavy atom. The zero-order valence-corrected chi connectivity index (χ0v) is 8.46. The summed E-state index contributed by atoms with van der Waals surface area (Å²) in [6.45, 7) is 8.80. The van der Waals surface area contributed by atoms with E-state index in [-0.39, 0.29) is 5.92 Å². The first-order valence-electron chi connectivity index (χ1n) is 4.49. The summed E-state index contributed by atoms with van der Waals surface area (Å²) in [6.07, 6.45) is 1.05. The smallest absolute Gasteiger partial charge is 0.0684 e. The fourth-order valence-electron chi connectivity index (χ4n) is 0.913. The van der Waals surface area contributed by atoms with E-state index in [1.165, 1.54) is 0 Å². The fourth-order valence-corrected chi connectivity index (χ4v) is 0.913. The first-order valence-corrected chi connectivity index (χ1v) is 4.49. The van der Waals surface area contributed by atoms with Gasteiger partial charge in [-0.1, -0.05) is 20.3 Å². The van der Waals surface area contributed by atoms with Crippen LogP contribution >= 0.6 is 0 Å². The molecule has 0 saturated carbocycles. The van der Waals surface area contributed by atoms with E-state index in [1.54, 1.807) is 0 Å². The van der Waals surface area contributed by atoms with Gasteiger partial charge in [-0.25, -0.2) is 0 Å². The molecule has 0 N–H and O–H groups in total. The SMILES string of the molecule is CCC(C)C(C#N)CN=C(C)C. The van der Waals surface area contributed by atoms with Gasteiger partial charge in [0.05, 0.1) is 18.5 Å². The van der Waals surface area contributed by atoms with Gasteiger partial charge in [0.15, 0.2) is 0 Å². The zero-order chi connectivity index (χ0) is 9.56. The van der Waals surface area contributed by atoms with Gasteiger partial charge in [0, 0.05) is 5.71 Å². The maximum Gasteiger partial charge on any atom is 0.0684 e. The molecule has 0 amide bonds. The van der Waals surface area contributed by atoms with Crippen LogP contribution in [-0.4, -0.2) is 12.3 Å². The van der Waals surface area contributed by atoms with Crippen molar-refractivity contribution in [2.75, 3.05) is 6.54 Å². The van der Waals surface area contributed by atoms with Crippen molar-refractivity contribution in [2.45, 2.75) is 34.1 Å². The first kappa shape index (κ1) is 11.2. The van der Waals surface area contributed by atoms with Gasteiger partial charge in [0.25, 0.3) is 0 Å². The second-order valence-electron chi connectivity index (χ2n) is 3.41. The number of hydrogen-bond acceptors (Lipinski definition) is 2. The summed E-state index contributed by atoms with van der Waals surface area (Å²) < 4.78 is 0. The van der Waals surface area contributed by atoms with Crippen LogP contribution in [-0.2, 0) is 0 Å². The summed E-state index contributed by atoms with van der Waals surface area (Å²) in [5.74, 6) is 0.544. The van der Waals surface area contributed by atoms with Gasteiger partial charge in [-0.3, -0.25) is 4.99 Å². The summed E-state index contributed by atoms with van der Waals surface area (Å²) in [6, 6.07) is 2.30. The normalized spacial score (nSPS) is 14.6. The molecule has 2 unspecified atom stereocenters. The Kier molecular flexibility index (Phi) is 5.36. The van der Waals surface area contributed by atoms with E-state index in [0.717, 1.165) is 12.1 Å². The molecule has 68 valence electrons. The van der Waals surface area contributed by atoms with Gasteiger partial charge in [0.1, 0.15) is 0 Å². The minimum atomic E-state index is 0.0879. The predicted molar refractivity (Wildman–Crippen MR) is 52.2 cm³/mol. The number of hydrogen-bond donors (Lipinski definition) is 0. The molecule has 2 atom stereocenters. The standard InChI is InChI=1S/C10H18N2/c1-5-9(4)10(6-11)7-12-8(2)3/h9-10H,5,7H2,1-4H3. The van der Waals surface area contributed by atoms with Crippen LogP contribution in [0.25, 0.3) is 0 Å². The molecule has 0 bridgehead atoms. The molecule has 12 heavy (non-hydrogen) atoms. The molecule has 0 aliphatic rings. The molecule has 0 aliphatic carbocycles. The topological polar surface area (TPSA) is 36.1 Å². The molecule has 0 aliphatic heterocycles. The van der Waals surface area contributed by atoms with Crippen LogP contribution in [0.5, 0.6) is 0 Å². The van der Waals surface area contributed by atoms with E-state index in [2.05, 4.69) is 24.9 Å². The Balaban J connectivity index is 4.02. The second-order valence-corrected chi connectivity index (χ2v) is 3.41. The lowest BCUT2D eigenvalue weighted by Gasteiger charge is -2.12. The molecule has 0 aromatic rings. The van der Waals surface area contributed by atoms with Crippen LogP contribution in [0.1, 0.15) is 34.1 Å². The van der Waals surface area contributed by atoms with Crippen molar-refractivity contribution < 1.29 is 0 Å². The molecule has 0 aromatic carbocycles. The van der Waals surface area contributed by atoms with Gasteiger partial charge < -0.3 is 0 Å². The van der Waals surface area contributed by atoms with Gasteiger partial charge >= 0.3 is 0 Å². The highest BCUT2D eigenvalue weighted by Crippen LogP contribution is 2.14. The number of aliphatic imine (C=N–C) groups is 1.